The molecule has 1 aliphatic rings. The molecule has 184 valence electrons. The van der Waals surface area contributed by atoms with E-state index in [4.69, 9.17) is 0 Å². The summed E-state index contributed by atoms with van der Waals surface area (Å²) < 4.78 is 152. The van der Waals surface area contributed by atoms with Crippen LogP contribution in [0.15, 0.2) is 24.3 Å². The first-order chi connectivity index (χ1) is 14.2. The molecule has 0 N–H and O–H groups in total. The van der Waals surface area contributed by atoms with Gasteiger partial charge in [0.2, 0.25) is 0 Å². The van der Waals surface area contributed by atoms with Gasteiger partial charge >= 0.3 is 35.6 Å². The van der Waals surface area contributed by atoms with Gasteiger partial charge in [-0.1, -0.05) is 13.2 Å². The van der Waals surface area contributed by atoms with Gasteiger partial charge in [-0.2, -0.15) is 35.1 Å². The maximum Gasteiger partial charge on any atom is 0.353 e. The van der Waals surface area contributed by atoms with Crippen LogP contribution in [0.4, 0.5) is 43.9 Å². The van der Waals surface area contributed by atoms with Crippen molar-refractivity contribution in [2.75, 3.05) is 13.2 Å². The van der Waals surface area contributed by atoms with E-state index in [-0.39, 0.29) is 0 Å². The van der Waals surface area contributed by atoms with Crippen molar-refractivity contribution in [3.05, 3.63) is 24.3 Å². The number of hydrogen-bond donors (Lipinski definition) is 0. The van der Waals surface area contributed by atoms with Crippen LogP contribution in [0.3, 0.4) is 0 Å². The summed E-state index contributed by atoms with van der Waals surface area (Å²) in [5.41, 5.74) is -12.9. The average molecular weight is 488 g/mol. The van der Waals surface area contributed by atoms with Crippen molar-refractivity contribution in [1.29, 1.82) is 0 Å². The summed E-state index contributed by atoms with van der Waals surface area (Å²) in [7, 11) is 0. The zero-order valence-corrected chi connectivity index (χ0v) is 16.7. The Labute approximate surface area is 175 Å². The molecule has 1 rings (SSSR count). The molecule has 1 fully saturated rings. The van der Waals surface area contributed by atoms with Crippen LogP contribution in [0.2, 0.25) is 0 Å². The number of rotatable bonds is 8. The van der Waals surface area contributed by atoms with E-state index in [1.54, 1.807) is 0 Å². The fourth-order valence-corrected chi connectivity index (χ4v) is 2.83. The van der Waals surface area contributed by atoms with Crippen LogP contribution in [0.5, 0.6) is 0 Å². The Morgan fingerprint density at radius 3 is 1.00 bits per heavy atom. The Kier molecular flexibility index (Phi) is 7.16. The van der Waals surface area contributed by atoms with Crippen molar-refractivity contribution < 1.29 is 63.0 Å². The summed E-state index contributed by atoms with van der Waals surface area (Å²) in [6.45, 7) is 4.52. The molecular formula is C18H18F10O4. The number of hydrogen-bond acceptors (Lipinski definition) is 4. The summed E-state index contributed by atoms with van der Waals surface area (Å²) >= 11 is 0. The minimum atomic E-state index is -6.71. The molecule has 0 saturated heterocycles. The van der Waals surface area contributed by atoms with Crippen molar-refractivity contribution >= 4 is 11.9 Å². The van der Waals surface area contributed by atoms with Crippen LogP contribution < -0.4 is 0 Å². The van der Waals surface area contributed by atoms with E-state index < -0.39 is 84.2 Å². The summed E-state index contributed by atoms with van der Waals surface area (Å²) in [5, 5.41) is 0. The third-order valence-corrected chi connectivity index (χ3v) is 4.84. The van der Waals surface area contributed by atoms with E-state index in [0.717, 1.165) is 13.8 Å². The standard InChI is InChI=1S/C18H18F10O4/c1-9(2)11(29)31-7-5-13(19)15(21,22)17(25,26)14(20,18(27,28)16(13,23)24)6-8-32-12(30)10(3)4/h1,3,5-8H2,2,4H3. The molecule has 32 heavy (non-hydrogen) atoms. The van der Waals surface area contributed by atoms with E-state index in [1.165, 1.54) is 0 Å². The maximum atomic E-state index is 14.7. The first kappa shape index (κ1) is 27.8. The summed E-state index contributed by atoms with van der Waals surface area (Å²) in [4.78, 5) is 22.3. The van der Waals surface area contributed by atoms with Gasteiger partial charge in [-0.25, -0.2) is 18.4 Å². The zero-order chi connectivity index (χ0) is 25.6. The van der Waals surface area contributed by atoms with Crippen LogP contribution in [-0.2, 0) is 19.1 Å². The highest BCUT2D eigenvalue weighted by Gasteiger charge is 2.99. The van der Waals surface area contributed by atoms with Crippen LogP contribution in [0.25, 0.3) is 0 Å². The molecule has 0 spiro atoms. The lowest BCUT2D eigenvalue weighted by molar-refractivity contribution is -0.462. The molecule has 4 nitrogen and oxygen atoms in total. The highest BCUT2D eigenvalue weighted by molar-refractivity contribution is 5.87. The van der Waals surface area contributed by atoms with Crippen LogP contribution >= 0.6 is 0 Å². The van der Waals surface area contributed by atoms with Crippen molar-refractivity contribution in [2.45, 2.75) is 61.7 Å². The Balaban J connectivity index is 3.42. The second kappa shape index (κ2) is 8.25. The second-order valence-corrected chi connectivity index (χ2v) is 7.23. The van der Waals surface area contributed by atoms with Crippen molar-refractivity contribution in [2.24, 2.45) is 0 Å². The highest BCUT2D eigenvalue weighted by atomic mass is 19.4. The molecule has 14 heteroatoms. The summed E-state index contributed by atoms with van der Waals surface area (Å²) in [6.07, 6.45) is -5.06. The second-order valence-electron chi connectivity index (χ2n) is 7.23. The van der Waals surface area contributed by atoms with Crippen molar-refractivity contribution in [3.8, 4) is 0 Å². The van der Waals surface area contributed by atoms with Gasteiger partial charge in [-0.05, 0) is 13.8 Å². The van der Waals surface area contributed by atoms with E-state index in [2.05, 4.69) is 22.6 Å². The first-order valence-corrected chi connectivity index (χ1v) is 8.70. The Morgan fingerprint density at radius 2 is 0.812 bits per heavy atom. The SMILES string of the molecule is C=C(C)C(=O)OCCC1(F)C(F)(F)C(F)(F)C(F)(CCOC(=O)C(=C)C)C(F)(F)C1(F)F. The quantitative estimate of drug-likeness (QED) is 0.275. The fraction of sp³-hybridized carbons (Fsp3) is 0.667. The third-order valence-electron chi connectivity index (χ3n) is 4.84. The molecule has 0 aliphatic heterocycles. The molecule has 1 aliphatic carbocycles. The van der Waals surface area contributed by atoms with Crippen molar-refractivity contribution in [3.63, 3.8) is 0 Å². The molecule has 0 aromatic rings. The third kappa shape index (κ3) is 3.64. The molecule has 0 amide bonds. The molecule has 1 saturated carbocycles. The van der Waals surface area contributed by atoms with Gasteiger partial charge < -0.3 is 9.47 Å². The molecule has 0 radical (unpaired) electrons. The number of carbonyl (C=O) groups excluding carboxylic acids is 2. The van der Waals surface area contributed by atoms with Gasteiger partial charge in [-0.3, -0.25) is 0 Å². The lowest BCUT2D eigenvalue weighted by Gasteiger charge is -2.55. The molecular weight excluding hydrogens is 470 g/mol. The molecule has 0 aromatic heterocycles. The Hall–Kier alpha value is -2.28. The predicted molar refractivity (Wildman–Crippen MR) is 88.2 cm³/mol. The molecule has 0 bridgehead atoms. The largest absolute Gasteiger partial charge is 0.462 e. The zero-order valence-electron chi connectivity index (χ0n) is 16.7. The lowest BCUT2D eigenvalue weighted by atomic mass is 9.65. The topological polar surface area (TPSA) is 52.6 Å². The number of esters is 2. The average Bonchev–Trinajstić information content (AvgIpc) is 2.65. The van der Waals surface area contributed by atoms with E-state index in [0.29, 0.717) is 0 Å². The van der Waals surface area contributed by atoms with Gasteiger partial charge in [0.1, 0.15) is 0 Å². The number of carbonyl (C=O) groups is 2. The summed E-state index contributed by atoms with van der Waals surface area (Å²) in [5.74, 6) is -29.7. The molecule has 0 heterocycles. The monoisotopic (exact) mass is 488 g/mol. The van der Waals surface area contributed by atoms with E-state index >= 15 is 0 Å². The van der Waals surface area contributed by atoms with Gasteiger partial charge in [0.25, 0.3) is 11.3 Å². The number of alkyl halides is 10. The summed E-state index contributed by atoms with van der Waals surface area (Å²) in [6, 6.07) is 0. The number of halogens is 10. The van der Waals surface area contributed by atoms with Gasteiger partial charge in [0.15, 0.2) is 0 Å². The van der Waals surface area contributed by atoms with Crippen molar-refractivity contribution in [1.82, 2.24) is 0 Å². The fourth-order valence-electron chi connectivity index (χ4n) is 2.83. The minimum Gasteiger partial charge on any atom is -0.462 e. The number of ether oxygens (including phenoxy) is 2. The minimum absolute atomic E-state index is 0.428. The smallest absolute Gasteiger partial charge is 0.353 e. The maximum absolute atomic E-state index is 14.7. The van der Waals surface area contributed by atoms with Crippen LogP contribution in [0, 0.1) is 0 Å². The van der Waals surface area contributed by atoms with Gasteiger partial charge in [0.05, 0.1) is 13.2 Å². The Morgan fingerprint density at radius 1 is 0.594 bits per heavy atom. The lowest BCUT2D eigenvalue weighted by Crippen LogP contribution is -2.85. The van der Waals surface area contributed by atoms with Gasteiger partial charge in [-0.15, -0.1) is 0 Å². The molecule has 0 atom stereocenters. The Bertz CT molecular complexity index is 712. The molecule has 0 unspecified atom stereocenters. The highest BCUT2D eigenvalue weighted by Crippen LogP contribution is 2.70. The van der Waals surface area contributed by atoms with Crippen LogP contribution in [0.1, 0.15) is 26.7 Å². The van der Waals surface area contributed by atoms with E-state index in [1.807, 2.05) is 0 Å². The van der Waals surface area contributed by atoms with E-state index in [9.17, 15) is 53.5 Å². The van der Waals surface area contributed by atoms with Gasteiger partial charge in [0, 0.05) is 24.0 Å². The van der Waals surface area contributed by atoms with Crippen LogP contribution in [-0.4, -0.2) is 60.2 Å². The first-order valence-electron chi connectivity index (χ1n) is 8.70. The predicted octanol–water partition coefficient (Wildman–Crippen LogP) is 4.98. The molecule has 0 aromatic carbocycles. The normalized spacial score (nSPS) is 29.6.